The predicted molar refractivity (Wildman–Crippen MR) is 68.7 cm³/mol. The first kappa shape index (κ1) is 15.8. The molecule has 116 valence electrons. The third kappa shape index (κ3) is 3.72. The van der Waals surface area contributed by atoms with Crippen LogP contribution >= 0.6 is 0 Å². The normalized spacial score (nSPS) is 22.9. The van der Waals surface area contributed by atoms with Crippen LogP contribution in [-0.4, -0.2) is 29.6 Å². The minimum atomic E-state index is -4.50. The van der Waals surface area contributed by atoms with Crippen molar-refractivity contribution < 1.29 is 22.4 Å². The molecule has 1 N–H and O–H groups in total. The molecule has 1 saturated heterocycles. The van der Waals surface area contributed by atoms with Gasteiger partial charge in [0.15, 0.2) is 0 Å². The molecule has 1 aromatic carbocycles. The van der Waals surface area contributed by atoms with Crippen LogP contribution < -0.4 is 5.32 Å². The van der Waals surface area contributed by atoms with Crippen molar-refractivity contribution in [1.82, 2.24) is 10.2 Å². The minimum absolute atomic E-state index is 0.311. The van der Waals surface area contributed by atoms with Gasteiger partial charge in [-0.1, -0.05) is 25.5 Å². The number of nitrogens with one attached hydrogen (secondary N) is 1. The number of carbonyl (C=O) groups excluding carboxylic acids is 1. The van der Waals surface area contributed by atoms with Gasteiger partial charge in [0, 0.05) is 0 Å². The summed E-state index contributed by atoms with van der Waals surface area (Å²) in [7, 11) is 0. The summed E-state index contributed by atoms with van der Waals surface area (Å²) in [5.74, 6) is -1.14. The lowest BCUT2D eigenvalue weighted by Crippen LogP contribution is -2.38. The number of rotatable bonds is 4. The van der Waals surface area contributed by atoms with Crippen molar-refractivity contribution in [3.63, 3.8) is 0 Å². The lowest BCUT2D eigenvalue weighted by Gasteiger charge is -2.25. The van der Waals surface area contributed by atoms with E-state index in [4.69, 9.17) is 0 Å². The largest absolute Gasteiger partial charge is 0.406 e. The number of benzene rings is 1. The molecule has 7 heteroatoms. The summed E-state index contributed by atoms with van der Waals surface area (Å²) in [6.07, 6.45) is -4.34. The van der Waals surface area contributed by atoms with Gasteiger partial charge >= 0.3 is 6.18 Å². The van der Waals surface area contributed by atoms with Crippen LogP contribution in [0.3, 0.4) is 0 Å². The van der Waals surface area contributed by atoms with Crippen molar-refractivity contribution >= 4 is 5.91 Å². The number of nitrogens with zero attached hydrogens (tertiary/aromatic N) is 1. The molecule has 21 heavy (non-hydrogen) atoms. The van der Waals surface area contributed by atoms with Crippen LogP contribution in [0.1, 0.15) is 31.5 Å². The second-order valence-corrected chi connectivity index (χ2v) is 5.05. The summed E-state index contributed by atoms with van der Waals surface area (Å²) in [6.45, 7) is 0.499. The Morgan fingerprint density at radius 1 is 1.33 bits per heavy atom. The van der Waals surface area contributed by atoms with Crippen LogP contribution in [0.15, 0.2) is 24.3 Å². The zero-order chi connectivity index (χ0) is 15.6. The van der Waals surface area contributed by atoms with Gasteiger partial charge in [0.25, 0.3) is 0 Å². The maximum atomic E-state index is 13.3. The summed E-state index contributed by atoms with van der Waals surface area (Å²) in [4.78, 5) is 12.8. The molecule has 0 radical (unpaired) electrons. The summed E-state index contributed by atoms with van der Waals surface area (Å²) in [5.41, 5.74) is 0.311. The van der Waals surface area contributed by atoms with Gasteiger partial charge < -0.3 is 4.90 Å². The smallest absolute Gasteiger partial charge is 0.312 e. The molecule has 2 atom stereocenters. The summed E-state index contributed by atoms with van der Waals surface area (Å²) >= 11 is 0. The number of hydrogen-bond donors (Lipinski definition) is 1. The molecule has 0 aliphatic carbocycles. The van der Waals surface area contributed by atoms with Crippen LogP contribution in [0.5, 0.6) is 0 Å². The van der Waals surface area contributed by atoms with Gasteiger partial charge in [-0.05, 0) is 24.1 Å². The lowest BCUT2D eigenvalue weighted by molar-refractivity contribution is -0.161. The van der Waals surface area contributed by atoms with Crippen LogP contribution in [0.4, 0.5) is 17.6 Å². The van der Waals surface area contributed by atoms with Gasteiger partial charge in [0.05, 0.1) is 6.04 Å². The van der Waals surface area contributed by atoms with E-state index in [0.717, 1.165) is 11.0 Å². The average molecular weight is 304 g/mol. The Balaban J connectivity index is 2.29. The van der Waals surface area contributed by atoms with Crippen molar-refractivity contribution in [2.24, 2.45) is 0 Å². The second-order valence-electron chi connectivity index (χ2n) is 5.05. The molecule has 1 amide bonds. The van der Waals surface area contributed by atoms with Gasteiger partial charge in [0.2, 0.25) is 5.91 Å². The first-order valence-corrected chi connectivity index (χ1v) is 6.70. The molecule has 0 aromatic heterocycles. The minimum Gasteiger partial charge on any atom is -0.312 e. The van der Waals surface area contributed by atoms with Gasteiger partial charge in [-0.3, -0.25) is 10.1 Å². The van der Waals surface area contributed by atoms with Crippen LogP contribution in [-0.2, 0) is 4.79 Å². The van der Waals surface area contributed by atoms with Crippen LogP contribution in [0.25, 0.3) is 0 Å². The van der Waals surface area contributed by atoms with E-state index in [1.54, 1.807) is 0 Å². The van der Waals surface area contributed by atoms with E-state index in [0.29, 0.717) is 18.4 Å². The molecular formula is C14H16F4N2O. The summed E-state index contributed by atoms with van der Waals surface area (Å²) in [6, 6.07) is 4.60. The van der Waals surface area contributed by atoms with E-state index in [2.05, 4.69) is 5.32 Å². The Kier molecular flexibility index (Phi) is 4.51. The van der Waals surface area contributed by atoms with Gasteiger partial charge in [-0.15, -0.1) is 0 Å². The number of alkyl halides is 3. The first-order valence-electron chi connectivity index (χ1n) is 6.70. The Labute approximate surface area is 119 Å². The first-order chi connectivity index (χ1) is 9.81. The third-order valence-electron chi connectivity index (χ3n) is 3.34. The van der Waals surface area contributed by atoms with E-state index in [-0.39, 0.29) is 0 Å². The standard InChI is InChI=1S/C14H16F4N2O/c1-2-4-11-13(21)20(8-14(16,17)18)12(19-11)9-5-3-6-10(15)7-9/h3,5-7,11-12,19H,2,4,8H2,1H3. The average Bonchev–Trinajstić information content (AvgIpc) is 2.67. The molecule has 0 saturated carbocycles. The SMILES string of the molecule is CCCC1NC(c2cccc(F)c2)N(CC(F)(F)F)C1=O. The Hall–Kier alpha value is -1.63. The van der Waals surface area contributed by atoms with E-state index in [9.17, 15) is 22.4 Å². The maximum absolute atomic E-state index is 13.3. The highest BCUT2D eigenvalue weighted by molar-refractivity contribution is 5.84. The highest BCUT2D eigenvalue weighted by Gasteiger charge is 2.44. The van der Waals surface area contributed by atoms with Crippen molar-refractivity contribution in [3.8, 4) is 0 Å². The summed E-state index contributed by atoms with van der Waals surface area (Å²) < 4.78 is 51.3. The number of carbonyl (C=O) groups is 1. The van der Waals surface area contributed by atoms with E-state index in [1.807, 2.05) is 6.92 Å². The molecule has 1 aromatic rings. The maximum Gasteiger partial charge on any atom is 0.406 e. The number of hydrogen-bond acceptors (Lipinski definition) is 2. The molecule has 2 rings (SSSR count). The molecule has 1 aliphatic heterocycles. The molecule has 3 nitrogen and oxygen atoms in total. The monoisotopic (exact) mass is 304 g/mol. The number of halogens is 4. The van der Waals surface area contributed by atoms with Crippen molar-refractivity contribution in [3.05, 3.63) is 35.6 Å². The molecule has 1 fully saturated rings. The number of amides is 1. The van der Waals surface area contributed by atoms with Gasteiger partial charge in [-0.25, -0.2) is 4.39 Å². The molecular weight excluding hydrogens is 288 g/mol. The van der Waals surface area contributed by atoms with Crippen LogP contribution in [0, 0.1) is 5.82 Å². The summed E-state index contributed by atoms with van der Waals surface area (Å²) in [5, 5.41) is 2.87. The Bertz CT molecular complexity index is 518. The molecule has 1 heterocycles. The fourth-order valence-corrected chi connectivity index (χ4v) is 2.49. The molecule has 1 aliphatic rings. The third-order valence-corrected chi connectivity index (χ3v) is 3.34. The zero-order valence-corrected chi connectivity index (χ0v) is 11.5. The van der Waals surface area contributed by atoms with Crippen LogP contribution in [0.2, 0.25) is 0 Å². The Morgan fingerprint density at radius 2 is 2.05 bits per heavy atom. The predicted octanol–water partition coefficient (Wildman–Crippen LogP) is 2.99. The highest BCUT2D eigenvalue weighted by Crippen LogP contribution is 2.30. The van der Waals surface area contributed by atoms with Crippen molar-refractivity contribution in [2.75, 3.05) is 6.54 Å². The fraction of sp³-hybridized carbons (Fsp3) is 0.500. The second kappa shape index (κ2) is 6.01. The van der Waals surface area contributed by atoms with E-state index < -0.39 is 36.7 Å². The zero-order valence-electron chi connectivity index (χ0n) is 11.5. The molecule has 0 bridgehead atoms. The topological polar surface area (TPSA) is 32.3 Å². The molecule has 2 unspecified atom stereocenters. The Morgan fingerprint density at radius 3 is 2.62 bits per heavy atom. The fourth-order valence-electron chi connectivity index (χ4n) is 2.49. The van der Waals surface area contributed by atoms with Crippen molar-refractivity contribution in [1.29, 1.82) is 0 Å². The van der Waals surface area contributed by atoms with E-state index in [1.165, 1.54) is 18.2 Å². The lowest BCUT2D eigenvalue weighted by atomic mass is 10.1. The highest BCUT2D eigenvalue weighted by atomic mass is 19.4. The van der Waals surface area contributed by atoms with E-state index >= 15 is 0 Å². The quantitative estimate of drug-likeness (QED) is 0.867. The molecule has 0 spiro atoms. The van der Waals surface area contributed by atoms with Gasteiger partial charge in [0.1, 0.15) is 18.5 Å². The van der Waals surface area contributed by atoms with Gasteiger partial charge in [-0.2, -0.15) is 13.2 Å². The van der Waals surface area contributed by atoms with Crippen molar-refractivity contribution in [2.45, 2.75) is 38.1 Å².